The molecule has 0 radical (unpaired) electrons. The highest BCUT2D eigenvalue weighted by molar-refractivity contribution is 5.89. The highest BCUT2D eigenvalue weighted by atomic mass is 16.1. The number of aromatic nitrogens is 1. The van der Waals surface area contributed by atoms with Gasteiger partial charge in [-0.05, 0) is 47.4 Å². The van der Waals surface area contributed by atoms with E-state index < -0.39 is 0 Å². The summed E-state index contributed by atoms with van der Waals surface area (Å²) >= 11 is 0. The lowest BCUT2D eigenvalue weighted by atomic mass is 10.00. The van der Waals surface area contributed by atoms with Crippen molar-refractivity contribution in [2.24, 2.45) is 5.73 Å². The molecule has 0 saturated heterocycles. The molecule has 1 unspecified atom stereocenters. The molecule has 0 spiro atoms. The van der Waals surface area contributed by atoms with Crippen LogP contribution in [0.4, 0.5) is 5.69 Å². The predicted molar refractivity (Wildman–Crippen MR) is 101 cm³/mol. The molecule has 0 aliphatic rings. The Labute approximate surface area is 147 Å². The molecule has 1 atom stereocenters. The molecule has 1 amide bonds. The summed E-state index contributed by atoms with van der Waals surface area (Å²) < 4.78 is 0. The van der Waals surface area contributed by atoms with Gasteiger partial charge in [0.25, 0.3) is 0 Å². The van der Waals surface area contributed by atoms with Gasteiger partial charge in [-0.3, -0.25) is 9.78 Å². The topological polar surface area (TPSA) is 68.0 Å². The minimum atomic E-state index is -0.166. The molecule has 3 rings (SSSR count). The number of nitrogens with two attached hydrogens (primary N) is 1. The number of nitrogens with zero attached hydrogens (tertiary/aromatic N) is 1. The van der Waals surface area contributed by atoms with Gasteiger partial charge in [-0.15, -0.1) is 0 Å². The van der Waals surface area contributed by atoms with E-state index >= 15 is 0 Å². The minimum absolute atomic E-state index is 0.0857. The van der Waals surface area contributed by atoms with Gasteiger partial charge in [0.05, 0.1) is 11.7 Å². The number of carbonyl (C=O) groups excluding carboxylic acids is 1. The van der Waals surface area contributed by atoms with Gasteiger partial charge in [0.15, 0.2) is 0 Å². The molecule has 1 heterocycles. The second kappa shape index (κ2) is 7.73. The highest BCUT2D eigenvalue weighted by Crippen LogP contribution is 2.25. The lowest BCUT2D eigenvalue weighted by Crippen LogP contribution is -2.14. The van der Waals surface area contributed by atoms with Gasteiger partial charge in [0.2, 0.25) is 5.91 Å². The van der Waals surface area contributed by atoms with Crippen LogP contribution in [0.1, 0.15) is 24.2 Å². The Balaban J connectivity index is 1.83. The maximum absolute atomic E-state index is 11.2. The molecule has 0 bridgehead atoms. The van der Waals surface area contributed by atoms with Gasteiger partial charge in [0, 0.05) is 18.8 Å². The van der Waals surface area contributed by atoms with Crippen molar-refractivity contribution in [3.05, 3.63) is 84.2 Å². The van der Waals surface area contributed by atoms with E-state index in [1.807, 2.05) is 54.6 Å². The van der Waals surface area contributed by atoms with Gasteiger partial charge in [-0.25, -0.2) is 0 Å². The number of benzene rings is 2. The van der Waals surface area contributed by atoms with Crippen LogP contribution in [0.2, 0.25) is 0 Å². The molecule has 0 saturated carbocycles. The summed E-state index contributed by atoms with van der Waals surface area (Å²) in [5.74, 6) is -0.0857. The number of carbonyl (C=O) groups is 1. The van der Waals surface area contributed by atoms with Crippen LogP contribution < -0.4 is 11.1 Å². The summed E-state index contributed by atoms with van der Waals surface area (Å²) in [5, 5.41) is 2.81. The van der Waals surface area contributed by atoms with Crippen molar-refractivity contribution in [2.75, 3.05) is 5.32 Å². The van der Waals surface area contributed by atoms with Crippen molar-refractivity contribution in [1.82, 2.24) is 4.98 Å². The van der Waals surface area contributed by atoms with Crippen LogP contribution in [-0.4, -0.2) is 10.9 Å². The van der Waals surface area contributed by atoms with Crippen molar-refractivity contribution in [1.29, 1.82) is 0 Å². The van der Waals surface area contributed by atoms with Crippen molar-refractivity contribution >= 4 is 11.6 Å². The summed E-state index contributed by atoms with van der Waals surface area (Å²) in [7, 11) is 0. The molecule has 3 aromatic rings. The zero-order valence-corrected chi connectivity index (χ0v) is 14.1. The average molecular weight is 331 g/mol. The van der Waals surface area contributed by atoms with E-state index in [1.165, 1.54) is 12.5 Å². The fourth-order valence-electron chi connectivity index (χ4n) is 2.78. The first-order valence-electron chi connectivity index (χ1n) is 8.25. The molecule has 3 N–H and O–H groups in total. The molecule has 1 aromatic heterocycles. The van der Waals surface area contributed by atoms with Gasteiger partial charge in [-0.1, -0.05) is 42.5 Å². The van der Waals surface area contributed by atoms with E-state index in [-0.39, 0.29) is 11.9 Å². The first-order valence-corrected chi connectivity index (χ1v) is 8.25. The average Bonchev–Trinajstić information content (AvgIpc) is 2.62. The highest BCUT2D eigenvalue weighted by Gasteiger charge is 2.10. The van der Waals surface area contributed by atoms with Crippen LogP contribution >= 0.6 is 0 Å². The number of hydrogen-bond acceptors (Lipinski definition) is 3. The summed E-state index contributed by atoms with van der Waals surface area (Å²) in [6.45, 7) is 1.50. The summed E-state index contributed by atoms with van der Waals surface area (Å²) in [5.41, 5.74) is 11.2. The summed E-state index contributed by atoms with van der Waals surface area (Å²) in [4.78, 5) is 15.7. The molecule has 0 aliphatic carbocycles. The quantitative estimate of drug-likeness (QED) is 0.744. The van der Waals surface area contributed by atoms with Crippen molar-refractivity contribution in [3.63, 3.8) is 0 Å². The Morgan fingerprint density at radius 2 is 1.80 bits per heavy atom. The third-order valence-electron chi connectivity index (χ3n) is 3.98. The third-order valence-corrected chi connectivity index (χ3v) is 3.98. The van der Waals surface area contributed by atoms with Crippen LogP contribution in [0, 0.1) is 0 Å². The molecular formula is C21H21N3O. The fourth-order valence-corrected chi connectivity index (χ4v) is 2.78. The van der Waals surface area contributed by atoms with Crippen LogP contribution in [0.25, 0.3) is 11.1 Å². The van der Waals surface area contributed by atoms with Crippen LogP contribution in [0.5, 0.6) is 0 Å². The van der Waals surface area contributed by atoms with E-state index in [4.69, 9.17) is 5.73 Å². The molecule has 25 heavy (non-hydrogen) atoms. The second-order valence-corrected chi connectivity index (χ2v) is 6.03. The minimum Gasteiger partial charge on any atom is -0.326 e. The Morgan fingerprint density at radius 3 is 2.56 bits per heavy atom. The second-order valence-electron chi connectivity index (χ2n) is 6.03. The maximum Gasteiger partial charge on any atom is 0.221 e. The number of pyridine rings is 1. The first-order chi connectivity index (χ1) is 12.1. The SMILES string of the molecule is CC(=O)Nc1cccc(-c2ccnc(C(N)Cc3ccccc3)c2)c1. The molecule has 0 fully saturated rings. The largest absolute Gasteiger partial charge is 0.326 e. The fraction of sp³-hybridized carbons (Fsp3) is 0.143. The van der Waals surface area contributed by atoms with Crippen LogP contribution in [0.15, 0.2) is 72.9 Å². The van der Waals surface area contributed by atoms with Gasteiger partial charge >= 0.3 is 0 Å². The Kier molecular flexibility index (Phi) is 5.21. The smallest absolute Gasteiger partial charge is 0.221 e. The molecule has 126 valence electrons. The van der Waals surface area contributed by atoms with Crippen LogP contribution in [0.3, 0.4) is 0 Å². The van der Waals surface area contributed by atoms with Gasteiger partial charge in [0.1, 0.15) is 0 Å². The third kappa shape index (κ3) is 4.52. The number of hydrogen-bond donors (Lipinski definition) is 2. The molecule has 4 heteroatoms. The molecule has 2 aromatic carbocycles. The van der Waals surface area contributed by atoms with Crippen molar-refractivity contribution in [3.8, 4) is 11.1 Å². The Bertz CT molecular complexity index is 862. The van der Waals surface area contributed by atoms with E-state index in [0.717, 1.165) is 28.9 Å². The van der Waals surface area contributed by atoms with E-state index in [0.29, 0.717) is 0 Å². The van der Waals surface area contributed by atoms with E-state index in [2.05, 4.69) is 22.4 Å². The number of amides is 1. The zero-order chi connectivity index (χ0) is 17.6. The van der Waals surface area contributed by atoms with Crippen LogP contribution in [-0.2, 0) is 11.2 Å². The lowest BCUT2D eigenvalue weighted by Gasteiger charge is -2.13. The maximum atomic E-state index is 11.2. The monoisotopic (exact) mass is 331 g/mol. The molecule has 4 nitrogen and oxygen atoms in total. The van der Waals surface area contributed by atoms with E-state index in [1.54, 1.807) is 6.20 Å². The normalized spacial score (nSPS) is 11.8. The van der Waals surface area contributed by atoms with Crippen molar-refractivity contribution in [2.45, 2.75) is 19.4 Å². The predicted octanol–water partition coefficient (Wildman–Crippen LogP) is 3.95. The molecular weight excluding hydrogens is 310 g/mol. The number of nitrogens with one attached hydrogen (secondary N) is 1. The van der Waals surface area contributed by atoms with E-state index in [9.17, 15) is 4.79 Å². The summed E-state index contributed by atoms with van der Waals surface area (Å²) in [6.07, 6.45) is 2.52. The zero-order valence-electron chi connectivity index (χ0n) is 14.1. The standard InChI is InChI=1S/C21H21N3O/c1-15(25)24-19-9-5-8-17(13-19)18-10-11-23-21(14-18)20(22)12-16-6-3-2-4-7-16/h2-11,13-14,20H,12,22H2,1H3,(H,24,25). The van der Waals surface area contributed by atoms with Gasteiger partial charge < -0.3 is 11.1 Å². The summed E-state index contributed by atoms with van der Waals surface area (Å²) in [6, 6.07) is 21.7. The van der Waals surface area contributed by atoms with Crippen molar-refractivity contribution < 1.29 is 4.79 Å². The lowest BCUT2D eigenvalue weighted by molar-refractivity contribution is -0.114. The first kappa shape index (κ1) is 16.9. The Morgan fingerprint density at radius 1 is 1.04 bits per heavy atom. The number of anilines is 1. The van der Waals surface area contributed by atoms with Gasteiger partial charge in [-0.2, -0.15) is 0 Å². The molecule has 0 aliphatic heterocycles. The number of rotatable bonds is 5. The Hall–Kier alpha value is -2.98.